The number of rotatable bonds is 1. The third-order valence-electron chi connectivity index (χ3n) is 1.62. The third-order valence-corrected chi connectivity index (χ3v) is 1.62. The van der Waals surface area contributed by atoms with Gasteiger partial charge < -0.3 is 0 Å². The SMILES string of the molecule is [c]1cncc(-c2ccncc2)c1. The molecule has 0 saturated heterocycles. The molecule has 0 aliphatic heterocycles. The van der Waals surface area contributed by atoms with E-state index in [2.05, 4.69) is 16.0 Å². The summed E-state index contributed by atoms with van der Waals surface area (Å²) in [6.45, 7) is 0. The number of hydrogen-bond donors (Lipinski definition) is 0. The Kier molecular flexibility index (Phi) is 1.82. The predicted octanol–water partition coefficient (Wildman–Crippen LogP) is 1.94. The van der Waals surface area contributed by atoms with Gasteiger partial charge in [-0.15, -0.1) is 0 Å². The molecule has 0 saturated carbocycles. The van der Waals surface area contributed by atoms with Crippen LogP contribution < -0.4 is 0 Å². The van der Waals surface area contributed by atoms with E-state index in [1.165, 1.54) is 0 Å². The van der Waals surface area contributed by atoms with Crippen LogP contribution in [0.25, 0.3) is 11.1 Å². The third kappa shape index (κ3) is 1.32. The van der Waals surface area contributed by atoms with Gasteiger partial charge in [0, 0.05) is 36.4 Å². The topological polar surface area (TPSA) is 25.8 Å². The lowest BCUT2D eigenvalue weighted by atomic mass is 10.1. The van der Waals surface area contributed by atoms with Gasteiger partial charge in [0.15, 0.2) is 0 Å². The van der Waals surface area contributed by atoms with E-state index in [1.54, 1.807) is 18.6 Å². The van der Waals surface area contributed by atoms with E-state index in [-0.39, 0.29) is 0 Å². The minimum absolute atomic E-state index is 1.07. The van der Waals surface area contributed by atoms with Crippen molar-refractivity contribution in [2.24, 2.45) is 0 Å². The molecule has 2 heteroatoms. The number of pyridine rings is 2. The minimum Gasteiger partial charge on any atom is -0.265 e. The molecular weight excluding hydrogens is 148 g/mol. The van der Waals surface area contributed by atoms with Crippen molar-refractivity contribution < 1.29 is 0 Å². The van der Waals surface area contributed by atoms with Crippen molar-refractivity contribution in [3.05, 3.63) is 49.1 Å². The molecule has 2 heterocycles. The van der Waals surface area contributed by atoms with Crippen molar-refractivity contribution in [1.29, 1.82) is 0 Å². The summed E-state index contributed by atoms with van der Waals surface area (Å²) in [6.07, 6.45) is 6.99. The molecule has 0 aliphatic rings. The monoisotopic (exact) mass is 155 g/mol. The van der Waals surface area contributed by atoms with Crippen LogP contribution in [0, 0.1) is 6.07 Å². The second-order valence-corrected chi connectivity index (χ2v) is 2.41. The molecule has 0 fully saturated rings. The molecule has 0 aliphatic carbocycles. The first-order chi connectivity index (χ1) is 5.97. The highest BCUT2D eigenvalue weighted by molar-refractivity contribution is 5.60. The number of aromatic nitrogens is 2. The average Bonchev–Trinajstić information content (AvgIpc) is 2.21. The van der Waals surface area contributed by atoms with Gasteiger partial charge in [-0.05, 0) is 23.8 Å². The normalized spacial score (nSPS) is 9.67. The smallest absolute Gasteiger partial charge is 0.0347 e. The Hall–Kier alpha value is -1.70. The Morgan fingerprint density at radius 2 is 1.83 bits per heavy atom. The predicted molar refractivity (Wildman–Crippen MR) is 46.3 cm³/mol. The lowest BCUT2D eigenvalue weighted by Crippen LogP contribution is -1.78. The van der Waals surface area contributed by atoms with E-state index >= 15 is 0 Å². The Bertz CT molecular complexity index is 305. The van der Waals surface area contributed by atoms with Crippen LogP contribution in [0.15, 0.2) is 43.0 Å². The van der Waals surface area contributed by atoms with Crippen molar-refractivity contribution in [3.8, 4) is 11.1 Å². The van der Waals surface area contributed by atoms with Crippen molar-refractivity contribution in [3.63, 3.8) is 0 Å². The second kappa shape index (κ2) is 3.13. The van der Waals surface area contributed by atoms with Gasteiger partial charge in [-0.1, -0.05) is 0 Å². The molecule has 0 N–H and O–H groups in total. The van der Waals surface area contributed by atoms with Gasteiger partial charge >= 0.3 is 0 Å². The quantitative estimate of drug-likeness (QED) is 0.629. The van der Waals surface area contributed by atoms with E-state index in [0.717, 1.165) is 11.1 Å². The van der Waals surface area contributed by atoms with Gasteiger partial charge in [0.25, 0.3) is 0 Å². The standard InChI is InChI=1S/C10H7N2/c1-2-10(8-12-5-1)9-3-6-11-7-4-9/h2-8H. The largest absolute Gasteiger partial charge is 0.265 e. The molecule has 57 valence electrons. The summed E-state index contributed by atoms with van der Waals surface area (Å²) < 4.78 is 0. The van der Waals surface area contributed by atoms with E-state index < -0.39 is 0 Å². The Morgan fingerprint density at radius 1 is 1.00 bits per heavy atom. The van der Waals surface area contributed by atoms with E-state index in [0.29, 0.717) is 0 Å². The van der Waals surface area contributed by atoms with E-state index in [9.17, 15) is 0 Å². The van der Waals surface area contributed by atoms with Crippen molar-refractivity contribution in [2.45, 2.75) is 0 Å². The first kappa shape index (κ1) is 6.98. The highest BCUT2D eigenvalue weighted by atomic mass is 14.6. The van der Waals surface area contributed by atoms with Crippen molar-refractivity contribution >= 4 is 0 Å². The molecule has 12 heavy (non-hydrogen) atoms. The summed E-state index contributed by atoms with van der Waals surface area (Å²) in [4.78, 5) is 7.93. The fourth-order valence-corrected chi connectivity index (χ4v) is 1.03. The molecular formula is C10H7N2. The minimum atomic E-state index is 1.07. The molecule has 0 bridgehead atoms. The second-order valence-electron chi connectivity index (χ2n) is 2.41. The van der Waals surface area contributed by atoms with Gasteiger partial charge in [0.1, 0.15) is 0 Å². The van der Waals surface area contributed by atoms with E-state index in [1.807, 2.05) is 24.4 Å². The van der Waals surface area contributed by atoms with Gasteiger partial charge in [-0.2, -0.15) is 0 Å². The van der Waals surface area contributed by atoms with Crippen LogP contribution in [0.1, 0.15) is 0 Å². The summed E-state index contributed by atoms with van der Waals surface area (Å²) in [5, 5.41) is 0. The molecule has 0 atom stereocenters. The lowest BCUT2D eigenvalue weighted by molar-refractivity contribution is 1.30. The first-order valence-corrected chi connectivity index (χ1v) is 3.68. The van der Waals surface area contributed by atoms with Gasteiger partial charge in [-0.3, -0.25) is 9.97 Å². The van der Waals surface area contributed by atoms with Crippen LogP contribution in [0.2, 0.25) is 0 Å². The number of hydrogen-bond acceptors (Lipinski definition) is 2. The molecule has 0 aromatic carbocycles. The van der Waals surface area contributed by atoms with Crippen LogP contribution in [0.3, 0.4) is 0 Å². The fraction of sp³-hybridized carbons (Fsp3) is 0. The van der Waals surface area contributed by atoms with Crippen molar-refractivity contribution in [1.82, 2.24) is 9.97 Å². The Balaban J connectivity index is 2.46. The van der Waals surface area contributed by atoms with E-state index in [4.69, 9.17) is 0 Å². The summed E-state index contributed by atoms with van der Waals surface area (Å²) in [5.74, 6) is 0. The van der Waals surface area contributed by atoms with Crippen LogP contribution in [0.5, 0.6) is 0 Å². The number of nitrogens with zero attached hydrogens (tertiary/aromatic N) is 2. The van der Waals surface area contributed by atoms with Gasteiger partial charge in [0.2, 0.25) is 0 Å². The molecule has 2 aromatic rings. The highest BCUT2D eigenvalue weighted by Gasteiger charge is 1.93. The average molecular weight is 155 g/mol. The van der Waals surface area contributed by atoms with Crippen molar-refractivity contribution in [2.75, 3.05) is 0 Å². The summed E-state index contributed by atoms with van der Waals surface area (Å²) in [7, 11) is 0. The Labute approximate surface area is 70.9 Å². The molecule has 2 aromatic heterocycles. The molecule has 0 spiro atoms. The van der Waals surface area contributed by atoms with Crippen LogP contribution in [-0.2, 0) is 0 Å². The molecule has 2 rings (SSSR count). The zero-order valence-corrected chi connectivity index (χ0v) is 6.44. The van der Waals surface area contributed by atoms with Crippen LogP contribution >= 0.6 is 0 Å². The maximum Gasteiger partial charge on any atom is 0.0347 e. The fourth-order valence-electron chi connectivity index (χ4n) is 1.03. The Morgan fingerprint density at radius 3 is 2.50 bits per heavy atom. The highest BCUT2D eigenvalue weighted by Crippen LogP contribution is 2.15. The zero-order valence-electron chi connectivity index (χ0n) is 6.44. The van der Waals surface area contributed by atoms with Gasteiger partial charge in [0.05, 0.1) is 0 Å². The maximum absolute atomic E-state index is 3.99. The molecule has 0 amide bonds. The molecule has 2 nitrogen and oxygen atoms in total. The maximum atomic E-state index is 3.99. The first-order valence-electron chi connectivity index (χ1n) is 3.68. The van der Waals surface area contributed by atoms with Crippen LogP contribution in [0.4, 0.5) is 0 Å². The van der Waals surface area contributed by atoms with Gasteiger partial charge in [-0.25, -0.2) is 0 Å². The molecule has 0 unspecified atom stereocenters. The summed E-state index contributed by atoms with van der Waals surface area (Å²) in [5.41, 5.74) is 2.19. The zero-order chi connectivity index (χ0) is 8.23. The van der Waals surface area contributed by atoms with Crippen LogP contribution in [-0.4, -0.2) is 9.97 Å². The molecule has 1 radical (unpaired) electrons. The summed E-state index contributed by atoms with van der Waals surface area (Å²) >= 11 is 0. The lowest BCUT2D eigenvalue weighted by Gasteiger charge is -1.97. The summed E-state index contributed by atoms with van der Waals surface area (Å²) in [6, 6.07) is 8.73.